The zero-order chi connectivity index (χ0) is 23.6. The van der Waals surface area contributed by atoms with Crippen molar-refractivity contribution in [3.8, 4) is 17.1 Å². The minimum atomic E-state index is -0.409. The van der Waals surface area contributed by atoms with Crippen molar-refractivity contribution in [2.75, 3.05) is 34.4 Å². The van der Waals surface area contributed by atoms with Crippen LogP contribution in [0.4, 0.5) is 0 Å². The minimum absolute atomic E-state index is 0.409. The first-order valence-corrected chi connectivity index (χ1v) is 11.9. The molecule has 0 bridgehead atoms. The molecule has 2 fully saturated rings. The van der Waals surface area contributed by atoms with Crippen LogP contribution in [0, 0.1) is 12.8 Å². The molecule has 0 N–H and O–H groups in total. The second-order valence-corrected chi connectivity index (χ2v) is 9.84. The maximum atomic E-state index is 12.2. The van der Waals surface area contributed by atoms with Crippen molar-refractivity contribution >= 4 is 22.4 Å². The Hall–Kier alpha value is -3.32. The van der Waals surface area contributed by atoms with Crippen LogP contribution in [0.5, 0.6) is 5.75 Å². The van der Waals surface area contributed by atoms with Gasteiger partial charge in [0.15, 0.2) is 0 Å². The van der Waals surface area contributed by atoms with E-state index in [1.807, 2.05) is 0 Å². The lowest BCUT2D eigenvalue weighted by Crippen LogP contribution is -2.41. The second kappa shape index (κ2) is 7.87. The summed E-state index contributed by atoms with van der Waals surface area (Å²) < 4.78 is 14.9. The number of aromatic nitrogens is 3. The van der Waals surface area contributed by atoms with E-state index >= 15 is 0 Å². The molecule has 176 valence electrons. The molecule has 34 heavy (non-hydrogen) atoms. The molecule has 0 radical (unpaired) electrons. The fraction of sp³-hybridized carbons (Fsp3) is 0.407. The van der Waals surface area contributed by atoms with Crippen molar-refractivity contribution < 1.29 is 14.3 Å². The van der Waals surface area contributed by atoms with Crippen molar-refractivity contribution in [1.82, 2.24) is 19.1 Å². The van der Waals surface area contributed by atoms with Crippen molar-refractivity contribution in [1.29, 1.82) is 0 Å². The molecule has 1 aliphatic carbocycles. The number of pyridine rings is 1. The number of carbonyl (C=O) groups excluding carboxylic acids is 1. The van der Waals surface area contributed by atoms with E-state index in [4.69, 9.17) is 14.6 Å². The van der Waals surface area contributed by atoms with Crippen LogP contribution in [0.1, 0.15) is 40.2 Å². The first-order chi connectivity index (χ1) is 16.5. The molecule has 4 heterocycles. The number of fused-ring (bicyclic) bond motifs is 2. The smallest absolute Gasteiger partial charge is 0.339 e. The van der Waals surface area contributed by atoms with E-state index in [1.165, 1.54) is 36.4 Å². The highest BCUT2D eigenvalue weighted by atomic mass is 16.5. The van der Waals surface area contributed by atoms with E-state index in [0.29, 0.717) is 17.2 Å². The molecule has 4 aromatic rings. The van der Waals surface area contributed by atoms with Crippen molar-refractivity contribution in [3.63, 3.8) is 0 Å². The fourth-order valence-electron chi connectivity index (χ4n) is 5.44. The molecule has 0 amide bonds. The van der Waals surface area contributed by atoms with Gasteiger partial charge in [-0.15, -0.1) is 0 Å². The number of benzene rings is 1. The highest BCUT2D eigenvalue weighted by molar-refractivity contribution is 5.93. The van der Waals surface area contributed by atoms with Gasteiger partial charge < -0.3 is 18.9 Å². The minimum Gasteiger partial charge on any atom is -0.494 e. The maximum absolute atomic E-state index is 12.2. The first-order valence-electron chi connectivity index (χ1n) is 11.9. The van der Waals surface area contributed by atoms with Gasteiger partial charge in [0, 0.05) is 42.7 Å². The Morgan fingerprint density at radius 1 is 1.15 bits per heavy atom. The largest absolute Gasteiger partial charge is 0.494 e. The predicted octanol–water partition coefficient (Wildman–Crippen LogP) is 4.50. The Balaban J connectivity index is 1.57. The summed E-state index contributed by atoms with van der Waals surface area (Å²) in [4.78, 5) is 14.6. The summed E-state index contributed by atoms with van der Waals surface area (Å²) in [6.07, 6.45) is 4.30. The number of esters is 1. The van der Waals surface area contributed by atoms with Gasteiger partial charge in [-0.05, 0) is 50.4 Å². The van der Waals surface area contributed by atoms with E-state index in [0.717, 1.165) is 48.0 Å². The normalized spacial score (nSPS) is 16.8. The average Bonchev–Trinajstić information content (AvgIpc) is 3.49. The van der Waals surface area contributed by atoms with Crippen molar-refractivity contribution in [3.05, 3.63) is 53.2 Å². The fourth-order valence-corrected chi connectivity index (χ4v) is 5.44. The summed E-state index contributed by atoms with van der Waals surface area (Å²) in [7, 11) is 5.18. The van der Waals surface area contributed by atoms with Gasteiger partial charge in [0.1, 0.15) is 17.0 Å². The molecule has 1 saturated heterocycles. The van der Waals surface area contributed by atoms with E-state index in [2.05, 4.69) is 47.7 Å². The van der Waals surface area contributed by atoms with Crippen LogP contribution in [-0.4, -0.2) is 59.4 Å². The van der Waals surface area contributed by atoms with E-state index in [9.17, 15) is 4.79 Å². The molecule has 1 aliphatic heterocycles. The van der Waals surface area contributed by atoms with Gasteiger partial charge in [-0.1, -0.05) is 18.2 Å². The van der Waals surface area contributed by atoms with Crippen LogP contribution in [-0.2, 0) is 11.3 Å². The number of rotatable bonds is 6. The third-order valence-corrected chi connectivity index (χ3v) is 7.41. The summed E-state index contributed by atoms with van der Waals surface area (Å²) in [5, 5.41) is 6.24. The monoisotopic (exact) mass is 458 g/mol. The number of nitrogens with zero attached hydrogens (tertiary/aromatic N) is 4. The molecule has 3 aromatic heterocycles. The number of aryl methyl sites for hydroxylation is 1. The van der Waals surface area contributed by atoms with Gasteiger partial charge in [0.2, 0.25) is 0 Å². The third-order valence-electron chi connectivity index (χ3n) is 7.41. The van der Waals surface area contributed by atoms with Crippen LogP contribution >= 0.6 is 0 Å². The van der Waals surface area contributed by atoms with Gasteiger partial charge in [0.05, 0.1) is 31.0 Å². The SMILES string of the molecule is COC(=O)c1cc(OC)c2c(C)c(-c3cc4cccc(C5CN(C)C5)c4n3CC3CC3)nn2c1. The predicted molar refractivity (Wildman–Crippen MR) is 132 cm³/mol. The lowest BCUT2D eigenvalue weighted by atomic mass is 9.90. The number of likely N-dealkylation sites (N-methyl/N-ethyl adjacent to an activating group) is 1. The van der Waals surface area contributed by atoms with Crippen LogP contribution in [0.25, 0.3) is 27.8 Å². The Morgan fingerprint density at radius 3 is 2.62 bits per heavy atom. The van der Waals surface area contributed by atoms with Crippen molar-refractivity contribution in [2.45, 2.75) is 32.2 Å². The molecule has 0 unspecified atom stereocenters. The van der Waals surface area contributed by atoms with E-state index in [-0.39, 0.29) is 0 Å². The molecule has 1 saturated carbocycles. The number of likely N-dealkylation sites (tertiary alicyclic amines) is 1. The van der Waals surface area contributed by atoms with Gasteiger partial charge in [-0.2, -0.15) is 5.10 Å². The molecule has 1 aromatic carbocycles. The maximum Gasteiger partial charge on any atom is 0.339 e. The standard InChI is InChI=1S/C27H30N4O3/c1-16-24(28-31-15-19(27(32)34-4)11-23(33-3)25(16)31)22-10-18-6-5-7-21(20-13-29(2)14-20)26(18)30(22)12-17-8-9-17/h5-7,10-11,15,17,20H,8-9,12-14H2,1-4H3. The van der Waals surface area contributed by atoms with E-state index < -0.39 is 5.97 Å². The third kappa shape index (κ3) is 3.29. The molecule has 2 aliphatic rings. The average molecular weight is 459 g/mol. The molecule has 0 spiro atoms. The molecular weight excluding hydrogens is 428 g/mol. The first kappa shape index (κ1) is 21.2. The quantitative estimate of drug-likeness (QED) is 0.398. The Labute approximate surface area is 198 Å². The summed E-state index contributed by atoms with van der Waals surface area (Å²) in [6, 6.07) is 10.7. The molecule has 6 rings (SSSR count). The zero-order valence-corrected chi connectivity index (χ0v) is 20.2. The number of hydrogen-bond acceptors (Lipinski definition) is 5. The second-order valence-electron chi connectivity index (χ2n) is 9.84. The van der Waals surface area contributed by atoms with Gasteiger partial charge in [-0.3, -0.25) is 0 Å². The number of carbonyl (C=O) groups is 1. The van der Waals surface area contributed by atoms with Gasteiger partial charge in [0.25, 0.3) is 0 Å². The highest BCUT2D eigenvalue weighted by Crippen LogP contribution is 2.41. The summed E-state index contributed by atoms with van der Waals surface area (Å²) in [5.74, 6) is 1.50. The number of ether oxygens (including phenoxy) is 2. The Bertz CT molecular complexity index is 1420. The lowest BCUT2D eigenvalue weighted by molar-refractivity contribution is 0.0599. The summed E-state index contributed by atoms with van der Waals surface area (Å²) in [5.41, 5.74) is 7.16. The number of hydrogen-bond donors (Lipinski definition) is 0. The van der Waals surface area contributed by atoms with Crippen LogP contribution in [0.15, 0.2) is 36.5 Å². The summed E-state index contributed by atoms with van der Waals surface area (Å²) >= 11 is 0. The lowest BCUT2D eigenvalue weighted by Gasteiger charge is -2.37. The van der Waals surface area contributed by atoms with E-state index in [1.54, 1.807) is 23.9 Å². The van der Waals surface area contributed by atoms with Crippen molar-refractivity contribution in [2.24, 2.45) is 5.92 Å². The number of para-hydroxylation sites is 1. The zero-order valence-electron chi connectivity index (χ0n) is 20.2. The number of methoxy groups -OCH3 is 2. The highest BCUT2D eigenvalue weighted by Gasteiger charge is 2.31. The van der Waals surface area contributed by atoms with Crippen LogP contribution in [0.3, 0.4) is 0 Å². The van der Waals surface area contributed by atoms with Crippen LogP contribution < -0.4 is 4.74 Å². The topological polar surface area (TPSA) is 61.0 Å². The summed E-state index contributed by atoms with van der Waals surface area (Å²) in [6.45, 7) is 5.29. The Kier molecular flexibility index (Phi) is 4.92. The molecule has 7 heteroatoms. The van der Waals surface area contributed by atoms with Gasteiger partial charge >= 0.3 is 5.97 Å². The molecular formula is C27H30N4O3. The Morgan fingerprint density at radius 2 is 1.94 bits per heavy atom. The van der Waals surface area contributed by atoms with Crippen LogP contribution in [0.2, 0.25) is 0 Å². The van der Waals surface area contributed by atoms with Gasteiger partial charge in [-0.25, -0.2) is 9.31 Å². The molecule has 7 nitrogen and oxygen atoms in total. The molecule has 0 atom stereocenters.